The molecule has 78 valence electrons. The summed E-state index contributed by atoms with van der Waals surface area (Å²) in [5, 5.41) is 3.23. The third-order valence-electron chi connectivity index (χ3n) is 1.87. The molecule has 0 unspecified atom stereocenters. The highest BCUT2D eigenvalue weighted by atomic mass is 16.6. The molecule has 0 aromatic rings. The smallest absolute Gasteiger partial charge is 0.104 e. The molecule has 1 heterocycles. The fourth-order valence-electron chi connectivity index (χ4n) is 1.02. The van der Waals surface area contributed by atoms with Gasteiger partial charge in [-0.05, 0) is 6.92 Å². The molecule has 1 aliphatic rings. The Morgan fingerprint density at radius 3 is 2.69 bits per heavy atom. The van der Waals surface area contributed by atoms with Crippen LogP contribution in [0.3, 0.4) is 0 Å². The summed E-state index contributed by atoms with van der Waals surface area (Å²) in [6, 6.07) is 0. The number of nitrogens with one attached hydrogen (secondary N) is 1. The van der Waals surface area contributed by atoms with Gasteiger partial charge in [-0.2, -0.15) is 0 Å². The molecule has 1 N–H and O–H groups in total. The van der Waals surface area contributed by atoms with Gasteiger partial charge >= 0.3 is 0 Å². The Kier molecular flexibility index (Phi) is 6.10. The second-order valence-electron chi connectivity index (χ2n) is 2.98. The molecule has 4 heteroatoms. The predicted molar refractivity (Wildman–Crippen MR) is 49.9 cm³/mol. The number of hydrogen-bond donors (Lipinski definition) is 1. The van der Waals surface area contributed by atoms with Gasteiger partial charge in [0.05, 0.1) is 26.4 Å². The van der Waals surface area contributed by atoms with Crippen molar-refractivity contribution in [3.05, 3.63) is 0 Å². The Morgan fingerprint density at radius 2 is 2.08 bits per heavy atom. The minimum atomic E-state index is 0.341. The minimum Gasteiger partial charge on any atom is -0.380 e. The fourth-order valence-corrected chi connectivity index (χ4v) is 1.02. The van der Waals surface area contributed by atoms with Crippen LogP contribution in [0, 0.1) is 0 Å². The van der Waals surface area contributed by atoms with Gasteiger partial charge < -0.3 is 19.5 Å². The SMILES string of the molecule is CCOCCNCCOC1COC1. The molecule has 13 heavy (non-hydrogen) atoms. The van der Waals surface area contributed by atoms with Crippen LogP contribution in [0.1, 0.15) is 6.92 Å². The monoisotopic (exact) mass is 189 g/mol. The third kappa shape index (κ3) is 5.21. The number of hydrogen-bond acceptors (Lipinski definition) is 4. The average Bonchev–Trinajstić information content (AvgIpc) is 2.07. The maximum Gasteiger partial charge on any atom is 0.104 e. The van der Waals surface area contributed by atoms with E-state index in [4.69, 9.17) is 14.2 Å². The van der Waals surface area contributed by atoms with E-state index in [-0.39, 0.29) is 0 Å². The van der Waals surface area contributed by atoms with Gasteiger partial charge in [0, 0.05) is 19.7 Å². The van der Waals surface area contributed by atoms with Crippen molar-refractivity contribution in [3.8, 4) is 0 Å². The summed E-state index contributed by atoms with van der Waals surface area (Å²) in [5.74, 6) is 0. The van der Waals surface area contributed by atoms with Crippen molar-refractivity contribution in [1.29, 1.82) is 0 Å². The van der Waals surface area contributed by atoms with Gasteiger partial charge in [0.25, 0.3) is 0 Å². The average molecular weight is 189 g/mol. The molecule has 0 aromatic heterocycles. The van der Waals surface area contributed by atoms with E-state index in [0.29, 0.717) is 6.10 Å². The molecule has 0 bridgehead atoms. The van der Waals surface area contributed by atoms with Crippen LogP contribution in [0.4, 0.5) is 0 Å². The topological polar surface area (TPSA) is 39.7 Å². The first-order valence-corrected chi connectivity index (χ1v) is 4.91. The Labute approximate surface area is 79.5 Å². The van der Waals surface area contributed by atoms with E-state index in [1.54, 1.807) is 0 Å². The van der Waals surface area contributed by atoms with Crippen molar-refractivity contribution in [3.63, 3.8) is 0 Å². The van der Waals surface area contributed by atoms with Gasteiger partial charge in [0.1, 0.15) is 6.10 Å². The summed E-state index contributed by atoms with van der Waals surface area (Å²) in [7, 11) is 0. The lowest BCUT2D eigenvalue weighted by Crippen LogP contribution is -2.38. The van der Waals surface area contributed by atoms with Gasteiger partial charge in [-0.1, -0.05) is 0 Å². The van der Waals surface area contributed by atoms with Gasteiger partial charge in [-0.3, -0.25) is 0 Å². The summed E-state index contributed by atoms with van der Waals surface area (Å²) in [6.45, 7) is 7.65. The molecule has 0 saturated carbocycles. The summed E-state index contributed by atoms with van der Waals surface area (Å²) >= 11 is 0. The Hall–Kier alpha value is -0.160. The van der Waals surface area contributed by atoms with E-state index in [1.807, 2.05) is 6.92 Å². The van der Waals surface area contributed by atoms with Crippen LogP contribution in [-0.4, -0.2) is 52.2 Å². The standard InChI is InChI=1S/C9H19NO3/c1-2-11-5-3-10-4-6-13-9-7-12-8-9/h9-10H,2-8H2,1H3. The zero-order chi connectivity index (χ0) is 9.36. The highest BCUT2D eigenvalue weighted by Crippen LogP contribution is 2.03. The lowest BCUT2D eigenvalue weighted by molar-refractivity contribution is -0.128. The molecule has 0 aliphatic carbocycles. The van der Waals surface area contributed by atoms with Crippen LogP contribution in [0.15, 0.2) is 0 Å². The van der Waals surface area contributed by atoms with E-state index < -0.39 is 0 Å². The Balaban J connectivity index is 1.68. The zero-order valence-corrected chi connectivity index (χ0v) is 8.25. The summed E-state index contributed by atoms with van der Waals surface area (Å²) in [5.41, 5.74) is 0. The maximum atomic E-state index is 5.46. The summed E-state index contributed by atoms with van der Waals surface area (Å²) in [4.78, 5) is 0. The minimum absolute atomic E-state index is 0.341. The highest BCUT2D eigenvalue weighted by Gasteiger charge is 2.17. The second-order valence-corrected chi connectivity index (χ2v) is 2.98. The fraction of sp³-hybridized carbons (Fsp3) is 1.00. The number of ether oxygens (including phenoxy) is 3. The Morgan fingerprint density at radius 1 is 1.31 bits per heavy atom. The highest BCUT2D eigenvalue weighted by molar-refractivity contribution is 4.64. The number of rotatable bonds is 8. The van der Waals surface area contributed by atoms with Crippen molar-refractivity contribution < 1.29 is 14.2 Å². The van der Waals surface area contributed by atoms with Crippen molar-refractivity contribution in [2.75, 3.05) is 46.1 Å². The van der Waals surface area contributed by atoms with E-state index >= 15 is 0 Å². The van der Waals surface area contributed by atoms with Gasteiger partial charge in [0.15, 0.2) is 0 Å². The molecule has 4 nitrogen and oxygen atoms in total. The molecule has 0 aromatic carbocycles. The first-order chi connectivity index (χ1) is 6.43. The largest absolute Gasteiger partial charge is 0.380 e. The second kappa shape index (κ2) is 7.26. The summed E-state index contributed by atoms with van der Waals surface area (Å²) < 4.78 is 15.6. The summed E-state index contributed by atoms with van der Waals surface area (Å²) in [6.07, 6.45) is 0.341. The molecule has 1 saturated heterocycles. The molecule has 0 atom stereocenters. The van der Waals surface area contributed by atoms with E-state index in [9.17, 15) is 0 Å². The van der Waals surface area contributed by atoms with Crippen LogP contribution >= 0.6 is 0 Å². The molecule has 1 rings (SSSR count). The first-order valence-electron chi connectivity index (χ1n) is 4.91. The van der Waals surface area contributed by atoms with Crippen LogP contribution in [-0.2, 0) is 14.2 Å². The van der Waals surface area contributed by atoms with E-state index in [2.05, 4.69) is 5.32 Å². The third-order valence-corrected chi connectivity index (χ3v) is 1.87. The molecular weight excluding hydrogens is 170 g/mol. The van der Waals surface area contributed by atoms with E-state index in [0.717, 1.165) is 46.1 Å². The van der Waals surface area contributed by atoms with Crippen LogP contribution in [0.5, 0.6) is 0 Å². The lowest BCUT2D eigenvalue weighted by Gasteiger charge is -2.25. The molecule has 0 amide bonds. The molecule has 0 spiro atoms. The van der Waals surface area contributed by atoms with Gasteiger partial charge in [-0.25, -0.2) is 0 Å². The van der Waals surface area contributed by atoms with Gasteiger partial charge in [0.2, 0.25) is 0 Å². The normalized spacial score (nSPS) is 17.3. The molecular formula is C9H19NO3. The van der Waals surface area contributed by atoms with Crippen molar-refractivity contribution in [1.82, 2.24) is 5.32 Å². The molecule has 0 radical (unpaired) electrons. The quantitative estimate of drug-likeness (QED) is 0.547. The van der Waals surface area contributed by atoms with Crippen LogP contribution in [0.25, 0.3) is 0 Å². The molecule has 1 fully saturated rings. The van der Waals surface area contributed by atoms with Crippen molar-refractivity contribution >= 4 is 0 Å². The zero-order valence-electron chi connectivity index (χ0n) is 8.25. The van der Waals surface area contributed by atoms with Crippen LogP contribution < -0.4 is 5.32 Å². The molecule has 1 aliphatic heterocycles. The van der Waals surface area contributed by atoms with Gasteiger partial charge in [-0.15, -0.1) is 0 Å². The first kappa shape index (κ1) is 10.9. The predicted octanol–water partition coefficient (Wildman–Crippen LogP) is 0.0279. The Bertz CT molecular complexity index is 117. The lowest BCUT2D eigenvalue weighted by atomic mass is 10.3. The van der Waals surface area contributed by atoms with Crippen LogP contribution in [0.2, 0.25) is 0 Å². The van der Waals surface area contributed by atoms with E-state index in [1.165, 1.54) is 0 Å². The van der Waals surface area contributed by atoms with Crippen molar-refractivity contribution in [2.24, 2.45) is 0 Å². The van der Waals surface area contributed by atoms with Crippen molar-refractivity contribution in [2.45, 2.75) is 13.0 Å². The maximum absolute atomic E-state index is 5.46.